The lowest BCUT2D eigenvalue weighted by Gasteiger charge is -2.07. The van der Waals surface area contributed by atoms with E-state index in [1.54, 1.807) is 29.5 Å². The van der Waals surface area contributed by atoms with Gasteiger partial charge in [0.05, 0.1) is 22.8 Å². The maximum Gasteiger partial charge on any atom is 0.295 e. The average molecular weight is 589 g/mol. The molecular formula is C34H32N6O2S. The highest BCUT2D eigenvalue weighted by Gasteiger charge is 2.21. The van der Waals surface area contributed by atoms with Crippen molar-refractivity contribution in [3.63, 3.8) is 0 Å². The molecular weight excluding hydrogens is 556 g/mol. The Morgan fingerprint density at radius 3 is 2.28 bits per heavy atom. The summed E-state index contributed by atoms with van der Waals surface area (Å²) in [6.45, 7) is 3.93. The predicted molar refractivity (Wildman–Crippen MR) is 173 cm³/mol. The molecule has 0 spiro atoms. The zero-order valence-corrected chi connectivity index (χ0v) is 25.1. The number of carbonyl (C=O) groups is 1. The van der Waals surface area contributed by atoms with Gasteiger partial charge < -0.3 is 5.32 Å². The number of thioether (sulfide) groups is 1. The predicted octanol–water partition coefficient (Wildman–Crippen LogP) is 6.78. The highest BCUT2D eigenvalue weighted by molar-refractivity contribution is 7.99. The molecule has 0 radical (unpaired) electrons. The summed E-state index contributed by atoms with van der Waals surface area (Å²) < 4.78 is 4.89. The van der Waals surface area contributed by atoms with Crippen LogP contribution in [0.25, 0.3) is 28.7 Å². The fourth-order valence-corrected chi connectivity index (χ4v) is 5.67. The maximum absolute atomic E-state index is 13.4. The van der Waals surface area contributed by atoms with Crippen LogP contribution < -0.4 is 10.9 Å². The van der Waals surface area contributed by atoms with Crippen LogP contribution >= 0.6 is 11.8 Å². The Balaban J connectivity index is 1.50. The SMILES string of the molecule is CCCCSc1ccc(-c2nn(-c3ccccc3)cc2/C=C(/C#N)C(=O)Nc2c(C)n(C)n(-c3ccccc3)c2=O)cc1. The largest absolute Gasteiger partial charge is 0.315 e. The van der Waals surface area contributed by atoms with E-state index in [0.717, 1.165) is 29.8 Å². The topological polar surface area (TPSA) is 97.6 Å². The molecule has 5 aromatic rings. The summed E-state index contributed by atoms with van der Waals surface area (Å²) in [5, 5.41) is 17.6. The molecule has 0 aliphatic rings. The van der Waals surface area contributed by atoms with E-state index in [9.17, 15) is 14.9 Å². The van der Waals surface area contributed by atoms with E-state index < -0.39 is 5.91 Å². The number of amides is 1. The molecule has 2 heterocycles. The van der Waals surface area contributed by atoms with Crippen molar-refractivity contribution in [3.05, 3.63) is 118 Å². The lowest BCUT2D eigenvalue weighted by molar-refractivity contribution is -0.112. The van der Waals surface area contributed by atoms with Gasteiger partial charge in [0, 0.05) is 29.3 Å². The highest BCUT2D eigenvalue weighted by atomic mass is 32.2. The molecule has 2 aromatic heterocycles. The van der Waals surface area contributed by atoms with Gasteiger partial charge in [-0.2, -0.15) is 10.4 Å². The molecule has 9 heteroatoms. The molecule has 5 rings (SSSR count). The zero-order valence-electron chi connectivity index (χ0n) is 24.3. The van der Waals surface area contributed by atoms with Gasteiger partial charge in [0.2, 0.25) is 0 Å². The first kappa shape index (κ1) is 29.4. The van der Waals surface area contributed by atoms with E-state index in [4.69, 9.17) is 5.10 Å². The summed E-state index contributed by atoms with van der Waals surface area (Å²) in [6, 6.07) is 29.0. The number of unbranched alkanes of at least 4 members (excludes halogenated alkanes) is 1. The average Bonchev–Trinajstić information content (AvgIpc) is 3.55. The van der Waals surface area contributed by atoms with Gasteiger partial charge >= 0.3 is 0 Å². The minimum Gasteiger partial charge on any atom is -0.315 e. The van der Waals surface area contributed by atoms with Crippen molar-refractivity contribution in [2.75, 3.05) is 11.1 Å². The molecule has 3 aromatic carbocycles. The van der Waals surface area contributed by atoms with E-state index in [-0.39, 0.29) is 16.8 Å². The molecule has 43 heavy (non-hydrogen) atoms. The Bertz CT molecular complexity index is 1860. The quantitative estimate of drug-likeness (QED) is 0.0840. The summed E-state index contributed by atoms with van der Waals surface area (Å²) in [4.78, 5) is 27.9. The van der Waals surface area contributed by atoms with Crippen LogP contribution in [0.2, 0.25) is 0 Å². The Labute approximate surface area is 254 Å². The number of anilines is 1. The molecule has 0 atom stereocenters. The Kier molecular flexibility index (Phi) is 9.08. The van der Waals surface area contributed by atoms with Crippen LogP contribution in [-0.4, -0.2) is 30.8 Å². The van der Waals surface area contributed by atoms with E-state index in [1.165, 1.54) is 15.7 Å². The van der Waals surface area contributed by atoms with Crippen LogP contribution in [-0.2, 0) is 11.8 Å². The van der Waals surface area contributed by atoms with Crippen LogP contribution in [0.15, 0.2) is 106 Å². The standard InChI is InChI=1S/C34H32N6O2S/c1-4-5-20-43-30-18-16-25(17-19-30)32-27(23-39(37-32)28-12-8-6-9-13-28)21-26(22-35)33(41)36-31-24(2)38(3)40(34(31)42)29-14-10-7-11-15-29/h6-19,21,23H,4-5,20H2,1-3H3,(H,36,41)/b26-21-. The number of aromatic nitrogens is 4. The molecule has 0 unspecified atom stereocenters. The minimum atomic E-state index is -0.672. The van der Waals surface area contributed by atoms with Crippen molar-refractivity contribution in [2.45, 2.75) is 31.6 Å². The number of nitrogens with one attached hydrogen (secondary N) is 1. The number of nitrogens with zero attached hydrogens (tertiary/aromatic N) is 5. The van der Waals surface area contributed by atoms with Gasteiger partial charge in [-0.25, -0.2) is 9.36 Å². The third-order valence-electron chi connectivity index (χ3n) is 7.12. The van der Waals surface area contributed by atoms with Crippen molar-refractivity contribution < 1.29 is 4.79 Å². The maximum atomic E-state index is 13.4. The second-order valence-electron chi connectivity index (χ2n) is 10.0. The molecule has 1 amide bonds. The number of carbonyl (C=O) groups excluding carboxylic acids is 1. The molecule has 216 valence electrons. The molecule has 0 saturated heterocycles. The molecule has 1 N–H and O–H groups in total. The Morgan fingerprint density at radius 2 is 1.65 bits per heavy atom. The van der Waals surface area contributed by atoms with Crippen molar-refractivity contribution in [1.29, 1.82) is 5.26 Å². The Hall–Kier alpha value is -5.07. The van der Waals surface area contributed by atoms with Gasteiger partial charge in [-0.3, -0.25) is 14.3 Å². The smallest absolute Gasteiger partial charge is 0.295 e. The van der Waals surface area contributed by atoms with Gasteiger partial charge in [-0.15, -0.1) is 11.8 Å². The summed E-state index contributed by atoms with van der Waals surface area (Å²) in [5.41, 5.74) is 3.78. The van der Waals surface area contributed by atoms with E-state index in [1.807, 2.05) is 90.6 Å². The highest BCUT2D eigenvalue weighted by Crippen LogP contribution is 2.29. The second kappa shape index (κ2) is 13.3. The van der Waals surface area contributed by atoms with Gasteiger partial charge in [-0.1, -0.05) is 61.9 Å². The first-order valence-corrected chi connectivity index (χ1v) is 15.0. The van der Waals surface area contributed by atoms with Crippen LogP contribution in [0.3, 0.4) is 0 Å². The molecule has 0 bridgehead atoms. The summed E-state index contributed by atoms with van der Waals surface area (Å²) >= 11 is 1.82. The Morgan fingerprint density at radius 1 is 1.00 bits per heavy atom. The summed E-state index contributed by atoms with van der Waals surface area (Å²) in [5.74, 6) is 0.388. The molecule has 0 fully saturated rings. The molecule has 8 nitrogen and oxygen atoms in total. The molecule has 0 saturated carbocycles. The number of nitriles is 1. The molecule has 0 aliphatic heterocycles. The van der Waals surface area contributed by atoms with Gasteiger partial charge in [0.1, 0.15) is 17.3 Å². The fourth-order valence-electron chi connectivity index (χ4n) is 4.67. The van der Waals surface area contributed by atoms with E-state index in [2.05, 4.69) is 24.4 Å². The van der Waals surface area contributed by atoms with Crippen molar-refractivity contribution in [1.82, 2.24) is 19.1 Å². The lowest BCUT2D eigenvalue weighted by Crippen LogP contribution is -2.23. The minimum absolute atomic E-state index is 0.119. The van der Waals surface area contributed by atoms with Crippen LogP contribution in [0.4, 0.5) is 5.69 Å². The third kappa shape index (κ3) is 6.40. The van der Waals surface area contributed by atoms with Gasteiger partial charge in [0.15, 0.2) is 0 Å². The lowest BCUT2D eigenvalue weighted by atomic mass is 10.1. The van der Waals surface area contributed by atoms with Gasteiger partial charge in [-0.05, 0) is 61.6 Å². The van der Waals surface area contributed by atoms with Crippen LogP contribution in [0.5, 0.6) is 0 Å². The number of hydrogen-bond donors (Lipinski definition) is 1. The summed E-state index contributed by atoms with van der Waals surface area (Å²) in [6.07, 6.45) is 5.63. The van der Waals surface area contributed by atoms with Crippen molar-refractivity contribution >= 4 is 29.4 Å². The van der Waals surface area contributed by atoms with Crippen molar-refractivity contribution in [3.8, 4) is 28.7 Å². The second-order valence-corrected chi connectivity index (χ2v) is 11.2. The van der Waals surface area contributed by atoms with Crippen molar-refractivity contribution in [2.24, 2.45) is 7.05 Å². The monoisotopic (exact) mass is 588 g/mol. The normalized spacial score (nSPS) is 11.3. The van der Waals surface area contributed by atoms with Crippen LogP contribution in [0, 0.1) is 18.3 Å². The van der Waals surface area contributed by atoms with Gasteiger partial charge in [0.25, 0.3) is 11.5 Å². The first-order valence-electron chi connectivity index (χ1n) is 14.1. The van der Waals surface area contributed by atoms with E-state index >= 15 is 0 Å². The number of hydrogen-bond acceptors (Lipinski definition) is 5. The number of benzene rings is 3. The fraction of sp³-hybridized carbons (Fsp3) is 0.176. The zero-order chi connectivity index (χ0) is 30.3. The summed E-state index contributed by atoms with van der Waals surface area (Å²) in [7, 11) is 1.75. The number of rotatable bonds is 10. The first-order chi connectivity index (χ1) is 20.9. The number of para-hydroxylation sites is 2. The molecule has 0 aliphatic carbocycles. The van der Waals surface area contributed by atoms with E-state index in [0.29, 0.717) is 22.6 Å². The van der Waals surface area contributed by atoms with Crippen LogP contribution in [0.1, 0.15) is 31.0 Å². The third-order valence-corrected chi connectivity index (χ3v) is 8.21.